The Kier molecular flexibility index (Phi) is 63.5. The largest absolute Gasteiger partial charge is 0.286 e. The van der Waals surface area contributed by atoms with Gasteiger partial charge >= 0.3 is 0 Å². The van der Waals surface area contributed by atoms with Crippen molar-refractivity contribution in [2.75, 3.05) is 12.3 Å². The van der Waals surface area contributed by atoms with E-state index in [1.54, 1.807) is 0 Å². The predicted molar refractivity (Wildman–Crippen MR) is 348 cm³/mol. The molecule has 0 aliphatic heterocycles. The summed E-state index contributed by atoms with van der Waals surface area (Å²) < 4.78 is 34.0. The van der Waals surface area contributed by atoms with Crippen LogP contribution in [-0.2, 0) is 10.1 Å². The van der Waals surface area contributed by atoms with Crippen LogP contribution in [-0.4, -0.2) is 29.8 Å². The zero-order valence-electron chi connectivity index (χ0n) is 53.1. The molecule has 0 aromatic heterocycles. The second-order valence-corrected chi connectivity index (χ2v) is 26.5. The first-order valence-corrected chi connectivity index (χ1v) is 37.4. The molecule has 0 aliphatic rings. The van der Waals surface area contributed by atoms with Crippen molar-refractivity contribution in [2.45, 2.75) is 412 Å². The standard InChI is InChI=1S/C72H141NO3S/c1-4-7-10-13-16-19-22-25-28-31-34-37-40-43-46-49-52-55-58-61-64-68-73(71-67-72-77(74,75)76,69-65-62-59-56-53-50-47-44-41-38-35-32-29-26-23-20-17-14-11-8-5-2)70-66-63-60-57-54-51-48-45-42-39-36-33-30-27-24-21-18-15-12-9-6-3/h64-66,68-70H,4-63,67,71-72H2,1-3H3/p+1/b68-64+,69-65+,70-66+. The van der Waals surface area contributed by atoms with Crippen LogP contribution in [0, 0.1) is 0 Å². The number of rotatable bonds is 67. The maximum Gasteiger partial charge on any atom is 0.265 e. The molecule has 0 amide bonds. The first-order chi connectivity index (χ1) is 37.9. The quantitative estimate of drug-likeness (QED) is 0.0375. The lowest BCUT2D eigenvalue weighted by Gasteiger charge is -2.27. The summed E-state index contributed by atoms with van der Waals surface area (Å²) in [4.78, 5) is 0. The van der Waals surface area contributed by atoms with Gasteiger partial charge in [-0.2, -0.15) is 8.42 Å². The molecule has 0 radical (unpaired) electrons. The molecule has 0 saturated heterocycles. The van der Waals surface area contributed by atoms with Crippen LogP contribution >= 0.6 is 0 Å². The fraction of sp³-hybridized carbons (Fsp3) is 0.917. The highest BCUT2D eigenvalue weighted by Crippen LogP contribution is 2.22. The van der Waals surface area contributed by atoms with Gasteiger partial charge in [0.25, 0.3) is 10.1 Å². The average molecular weight is 1100 g/mol. The van der Waals surface area contributed by atoms with Gasteiger partial charge in [-0.1, -0.05) is 367 Å². The lowest BCUT2D eigenvalue weighted by molar-refractivity contribution is -0.773. The van der Waals surface area contributed by atoms with E-state index in [1.165, 1.54) is 366 Å². The number of quaternary nitrogens is 1. The Labute approximate surface area is 486 Å². The number of hydrogen-bond donors (Lipinski definition) is 1. The Morgan fingerprint density at radius 3 is 0.558 bits per heavy atom. The molecular formula is C72H142NO3S+. The smallest absolute Gasteiger partial charge is 0.265 e. The molecule has 5 heteroatoms. The average Bonchev–Trinajstić information content (AvgIpc) is 3.42. The Hall–Kier alpha value is -0.910. The molecule has 1 N–H and O–H groups in total. The summed E-state index contributed by atoms with van der Waals surface area (Å²) in [6, 6.07) is 0. The maximum atomic E-state index is 11.9. The van der Waals surface area contributed by atoms with Crippen LogP contribution in [0.2, 0.25) is 0 Å². The minimum atomic E-state index is -4.00. The van der Waals surface area contributed by atoms with Crippen LogP contribution < -0.4 is 0 Å². The van der Waals surface area contributed by atoms with Crippen LogP contribution in [0.25, 0.3) is 0 Å². The minimum absolute atomic E-state index is 0.180. The third-order valence-corrected chi connectivity index (χ3v) is 17.8. The Balaban J connectivity index is 4.78. The second-order valence-electron chi connectivity index (χ2n) is 25.0. The van der Waals surface area contributed by atoms with Crippen molar-refractivity contribution >= 4 is 10.1 Å². The highest BCUT2D eigenvalue weighted by Gasteiger charge is 2.20. The molecule has 0 heterocycles. The molecule has 0 rings (SSSR count). The summed E-state index contributed by atoms with van der Waals surface area (Å²) in [7, 11) is -4.00. The topological polar surface area (TPSA) is 54.4 Å². The van der Waals surface area contributed by atoms with Crippen LogP contribution in [0.5, 0.6) is 0 Å². The van der Waals surface area contributed by atoms with Crippen LogP contribution in [0.3, 0.4) is 0 Å². The van der Waals surface area contributed by atoms with E-state index in [0.29, 0.717) is 17.4 Å². The molecule has 0 spiro atoms. The molecule has 77 heavy (non-hydrogen) atoms. The first-order valence-electron chi connectivity index (χ1n) is 35.7. The van der Waals surface area contributed by atoms with Crippen LogP contribution in [0.1, 0.15) is 412 Å². The van der Waals surface area contributed by atoms with Gasteiger partial charge in [0.1, 0.15) is 18.6 Å². The van der Waals surface area contributed by atoms with Gasteiger partial charge in [-0.3, -0.25) is 4.55 Å². The van der Waals surface area contributed by atoms with E-state index in [2.05, 4.69) is 57.6 Å². The highest BCUT2D eigenvalue weighted by atomic mass is 32.2. The summed E-state index contributed by atoms with van der Waals surface area (Å²) in [5, 5.41) is 0. The van der Waals surface area contributed by atoms with Crippen molar-refractivity contribution in [3.8, 4) is 0 Å². The van der Waals surface area contributed by atoms with Crippen LogP contribution in [0.15, 0.2) is 36.8 Å². The molecule has 0 atom stereocenters. The lowest BCUT2D eigenvalue weighted by Crippen LogP contribution is -2.33. The van der Waals surface area contributed by atoms with E-state index in [4.69, 9.17) is 0 Å². The number of unbranched alkanes of at least 4 members (excludes halogenated alkanes) is 57. The van der Waals surface area contributed by atoms with E-state index < -0.39 is 10.1 Å². The summed E-state index contributed by atoms with van der Waals surface area (Å²) in [5.41, 5.74) is 0. The van der Waals surface area contributed by atoms with Gasteiger partial charge in [0.05, 0.1) is 12.3 Å². The van der Waals surface area contributed by atoms with Crippen molar-refractivity contribution in [1.82, 2.24) is 0 Å². The molecule has 0 aromatic rings. The van der Waals surface area contributed by atoms with Gasteiger partial charge in [0, 0.05) is 6.42 Å². The van der Waals surface area contributed by atoms with Gasteiger partial charge in [0.15, 0.2) is 0 Å². The molecule has 0 bridgehead atoms. The van der Waals surface area contributed by atoms with Crippen molar-refractivity contribution in [3.63, 3.8) is 0 Å². The first kappa shape index (κ1) is 76.1. The fourth-order valence-corrected chi connectivity index (χ4v) is 12.2. The third kappa shape index (κ3) is 64.1. The number of allylic oxidation sites excluding steroid dienone is 3. The number of nitrogens with zero attached hydrogens (tertiary/aromatic N) is 1. The second kappa shape index (κ2) is 64.3. The fourth-order valence-electron chi connectivity index (χ4n) is 11.7. The molecule has 4 nitrogen and oxygen atoms in total. The molecule has 0 fully saturated rings. The predicted octanol–water partition coefficient (Wildman–Crippen LogP) is 26.1. The van der Waals surface area contributed by atoms with Crippen molar-refractivity contribution in [3.05, 3.63) is 36.8 Å². The monoisotopic (exact) mass is 1100 g/mol. The van der Waals surface area contributed by atoms with Gasteiger partial charge in [-0.25, -0.2) is 4.48 Å². The summed E-state index contributed by atoms with van der Waals surface area (Å²) in [6.07, 6.45) is 97.5. The minimum Gasteiger partial charge on any atom is -0.286 e. The normalized spacial score (nSPS) is 12.5. The highest BCUT2D eigenvalue weighted by molar-refractivity contribution is 7.85. The molecule has 0 aliphatic carbocycles. The van der Waals surface area contributed by atoms with Gasteiger partial charge < -0.3 is 0 Å². The molecule has 0 unspecified atom stereocenters. The summed E-state index contributed by atoms with van der Waals surface area (Å²) >= 11 is 0. The van der Waals surface area contributed by atoms with Crippen molar-refractivity contribution in [1.29, 1.82) is 0 Å². The molecule has 458 valence electrons. The van der Waals surface area contributed by atoms with E-state index >= 15 is 0 Å². The van der Waals surface area contributed by atoms with E-state index in [1.807, 2.05) is 0 Å². The molecule has 0 saturated carbocycles. The zero-order chi connectivity index (χ0) is 55.8. The lowest BCUT2D eigenvalue weighted by atomic mass is 10.0. The van der Waals surface area contributed by atoms with Gasteiger partial charge in [-0.15, -0.1) is 0 Å². The molecular weight excluding hydrogens is 959 g/mol. The molecule has 0 aromatic carbocycles. The van der Waals surface area contributed by atoms with E-state index in [9.17, 15) is 13.0 Å². The Morgan fingerprint density at radius 1 is 0.247 bits per heavy atom. The van der Waals surface area contributed by atoms with Crippen molar-refractivity contribution < 1.29 is 17.5 Å². The summed E-state index contributed by atoms with van der Waals surface area (Å²) in [5.74, 6) is -0.180. The summed E-state index contributed by atoms with van der Waals surface area (Å²) in [6.45, 7) is 7.56. The van der Waals surface area contributed by atoms with E-state index in [-0.39, 0.29) is 5.75 Å². The number of hydrogen-bond acceptors (Lipinski definition) is 2. The Morgan fingerprint density at radius 2 is 0.403 bits per heavy atom. The van der Waals surface area contributed by atoms with E-state index in [0.717, 1.165) is 19.3 Å². The Bertz CT molecular complexity index is 1180. The van der Waals surface area contributed by atoms with Gasteiger partial charge in [-0.05, 0) is 56.8 Å². The zero-order valence-corrected chi connectivity index (χ0v) is 53.9. The van der Waals surface area contributed by atoms with Crippen molar-refractivity contribution in [2.24, 2.45) is 0 Å². The third-order valence-electron chi connectivity index (χ3n) is 17.0. The van der Waals surface area contributed by atoms with Gasteiger partial charge in [0.2, 0.25) is 0 Å². The maximum absolute atomic E-state index is 11.9. The SMILES string of the molecule is CCCCCCCCCCCCCCCCCCCCC/C=C/[N+](/C=C/CCCCCCCCCCCCCCCCCCCCC)(/C=C/CCCCCCCCCCCCCCCCCCCCC)CCCS(=O)(=O)O. The van der Waals surface area contributed by atoms with Crippen LogP contribution in [0.4, 0.5) is 0 Å².